The Balaban J connectivity index is 1.84. The molecule has 2 rings (SSSR count). The summed E-state index contributed by atoms with van der Waals surface area (Å²) in [6.45, 7) is 10.4. The maximum absolute atomic E-state index is 5.68. The van der Waals surface area contributed by atoms with E-state index in [0.717, 1.165) is 13.2 Å². The van der Waals surface area contributed by atoms with Crippen LogP contribution >= 0.6 is 0 Å². The van der Waals surface area contributed by atoms with Crippen molar-refractivity contribution in [2.24, 2.45) is 0 Å². The molecule has 0 radical (unpaired) electrons. The van der Waals surface area contributed by atoms with Crippen molar-refractivity contribution in [3.63, 3.8) is 0 Å². The molecule has 102 valence electrons. The van der Waals surface area contributed by atoms with Crippen LogP contribution in [-0.4, -0.2) is 28.5 Å². The van der Waals surface area contributed by atoms with Gasteiger partial charge in [-0.1, -0.05) is 0 Å². The Morgan fingerprint density at radius 2 is 2.33 bits per heavy atom. The third-order valence-corrected chi connectivity index (χ3v) is 3.47. The Morgan fingerprint density at radius 1 is 1.56 bits per heavy atom. The Hall–Kier alpha value is -0.870. The van der Waals surface area contributed by atoms with Crippen molar-refractivity contribution < 1.29 is 4.74 Å². The van der Waals surface area contributed by atoms with E-state index in [4.69, 9.17) is 4.74 Å². The Labute approximate surface area is 110 Å². The molecule has 0 aromatic carbocycles. The largest absolute Gasteiger partial charge is 0.377 e. The van der Waals surface area contributed by atoms with Crippen LogP contribution in [0.1, 0.15) is 46.1 Å². The molecule has 2 heterocycles. The first-order valence-electron chi connectivity index (χ1n) is 6.86. The van der Waals surface area contributed by atoms with E-state index < -0.39 is 0 Å². The maximum Gasteiger partial charge on any atom is 0.0726 e. The summed E-state index contributed by atoms with van der Waals surface area (Å²) in [4.78, 5) is 0. The number of rotatable bonds is 4. The lowest BCUT2D eigenvalue weighted by molar-refractivity contribution is 0.0832. The predicted molar refractivity (Wildman–Crippen MR) is 72.5 cm³/mol. The maximum atomic E-state index is 5.68. The van der Waals surface area contributed by atoms with Crippen molar-refractivity contribution >= 4 is 0 Å². The van der Waals surface area contributed by atoms with Gasteiger partial charge in [-0.15, -0.1) is 0 Å². The van der Waals surface area contributed by atoms with Gasteiger partial charge in [0.15, 0.2) is 0 Å². The highest BCUT2D eigenvalue weighted by atomic mass is 16.5. The molecular formula is C14H25N3O. The first-order valence-corrected chi connectivity index (χ1v) is 6.86. The van der Waals surface area contributed by atoms with Crippen LogP contribution < -0.4 is 5.32 Å². The van der Waals surface area contributed by atoms with Gasteiger partial charge in [-0.05, 0) is 40.5 Å². The van der Waals surface area contributed by atoms with Gasteiger partial charge in [0.1, 0.15) is 0 Å². The standard InChI is InChI=1S/C14H25N3O/c1-11(13-6-5-7-18-13)15-8-12-9-16-17(10-12)14(2,3)4/h9-11,13,15H,5-8H2,1-4H3/t11-,13+/m0/s1. The second kappa shape index (κ2) is 5.41. The molecule has 0 spiro atoms. The van der Waals surface area contributed by atoms with Crippen molar-refractivity contribution in [1.82, 2.24) is 15.1 Å². The molecule has 1 fully saturated rings. The lowest BCUT2D eigenvalue weighted by atomic mass is 10.1. The van der Waals surface area contributed by atoms with Gasteiger partial charge in [-0.25, -0.2) is 0 Å². The molecule has 0 aliphatic carbocycles. The number of hydrogen-bond acceptors (Lipinski definition) is 3. The second-order valence-corrected chi connectivity index (χ2v) is 6.19. The van der Waals surface area contributed by atoms with E-state index in [-0.39, 0.29) is 5.54 Å². The first-order chi connectivity index (χ1) is 8.47. The highest BCUT2D eigenvalue weighted by Crippen LogP contribution is 2.16. The van der Waals surface area contributed by atoms with Gasteiger partial charge in [-0.3, -0.25) is 4.68 Å². The summed E-state index contributed by atoms with van der Waals surface area (Å²) in [6.07, 6.45) is 6.81. The molecule has 2 atom stereocenters. The minimum Gasteiger partial charge on any atom is -0.377 e. The van der Waals surface area contributed by atoms with E-state index in [9.17, 15) is 0 Å². The predicted octanol–water partition coefficient (Wildman–Crippen LogP) is 2.30. The molecule has 0 bridgehead atoms. The summed E-state index contributed by atoms with van der Waals surface area (Å²) in [5.41, 5.74) is 1.29. The number of ether oxygens (including phenoxy) is 1. The minimum absolute atomic E-state index is 0.0540. The highest BCUT2D eigenvalue weighted by molar-refractivity contribution is 5.05. The van der Waals surface area contributed by atoms with Crippen molar-refractivity contribution in [3.8, 4) is 0 Å². The lowest BCUT2D eigenvalue weighted by Crippen LogP contribution is -2.36. The number of nitrogens with one attached hydrogen (secondary N) is 1. The van der Waals surface area contributed by atoms with Gasteiger partial charge in [0.25, 0.3) is 0 Å². The van der Waals surface area contributed by atoms with Crippen LogP contribution in [0.5, 0.6) is 0 Å². The summed E-state index contributed by atoms with van der Waals surface area (Å²) in [6, 6.07) is 0.408. The van der Waals surface area contributed by atoms with Gasteiger partial charge in [0.05, 0.1) is 17.8 Å². The van der Waals surface area contributed by atoms with Gasteiger partial charge in [0, 0.05) is 31.0 Å². The van der Waals surface area contributed by atoms with Crippen molar-refractivity contribution in [2.45, 2.75) is 64.8 Å². The summed E-state index contributed by atoms with van der Waals surface area (Å²) in [5, 5.41) is 7.94. The normalized spacial score (nSPS) is 22.3. The van der Waals surface area contributed by atoms with E-state index >= 15 is 0 Å². The van der Waals surface area contributed by atoms with E-state index in [0.29, 0.717) is 12.1 Å². The number of nitrogens with zero attached hydrogens (tertiary/aromatic N) is 2. The molecule has 0 amide bonds. The average Bonchev–Trinajstić information content (AvgIpc) is 2.96. The van der Waals surface area contributed by atoms with Crippen molar-refractivity contribution in [1.29, 1.82) is 0 Å². The highest BCUT2D eigenvalue weighted by Gasteiger charge is 2.22. The van der Waals surface area contributed by atoms with E-state index in [1.54, 1.807) is 0 Å². The lowest BCUT2D eigenvalue weighted by Gasteiger charge is -2.20. The van der Waals surface area contributed by atoms with Gasteiger partial charge >= 0.3 is 0 Å². The summed E-state index contributed by atoms with van der Waals surface area (Å²) in [7, 11) is 0. The molecule has 4 nitrogen and oxygen atoms in total. The topological polar surface area (TPSA) is 39.1 Å². The third kappa shape index (κ3) is 3.33. The molecule has 0 saturated carbocycles. The Bertz CT molecular complexity index is 375. The van der Waals surface area contributed by atoms with Crippen LogP contribution in [0, 0.1) is 0 Å². The summed E-state index contributed by atoms with van der Waals surface area (Å²) < 4.78 is 7.69. The molecule has 1 aromatic heterocycles. The fourth-order valence-electron chi connectivity index (χ4n) is 2.23. The number of hydrogen-bond donors (Lipinski definition) is 1. The molecule has 1 N–H and O–H groups in total. The smallest absolute Gasteiger partial charge is 0.0726 e. The Morgan fingerprint density at radius 3 is 2.89 bits per heavy atom. The summed E-state index contributed by atoms with van der Waals surface area (Å²) >= 11 is 0. The first kappa shape index (κ1) is 13.6. The van der Waals surface area contributed by atoms with Crippen molar-refractivity contribution in [3.05, 3.63) is 18.0 Å². The number of aromatic nitrogens is 2. The fourth-order valence-corrected chi connectivity index (χ4v) is 2.23. The van der Waals surface area contributed by atoms with Crippen LogP contribution in [0.3, 0.4) is 0 Å². The van der Waals surface area contributed by atoms with E-state index in [1.165, 1.54) is 18.4 Å². The Kier molecular flexibility index (Phi) is 4.07. The van der Waals surface area contributed by atoms with Gasteiger partial charge in [0.2, 0.25) is 0 Å². The molecule has 0 unspecified atom stereocenters. The fraction of sp³-hybridized carbons (Fsp3) is 0.786. The van der Waals surface area contributed by atoms with Crippen LogP contribution in [0.2, 0.25) is 0 Å². The zero-order chi connectivity index (χ0) is 13.2. The third-order valence-electron chi connectivity index (χ3n) is 3.47. The SMILES string of the molecule is C[C@H](NCc1cnn(C(C)(C)C)c1)[C@H]1CCCO1. The van der Waals surface area contributed by atoms with Crippen molar-refractivity contribution in [2.75, 3.05) is 6.61 Å². The molecule has 1 aromatic rings. The zero-order valence-electron chi connectivity index (χ0n) is 11.9. The monoisotopic (exact) mass is 251 g/mol. The molecule has 4 heteroatoms. The van der Waals surface area contributed by atoms with Crippen LogP contribution in [0.15, 0.2) is 12.4 Å². The van der Waals surface area contributed by atoms with E-state index in [1.807, 2.05) is 10.9 Å². The van der Waals surface area contributed by atoms with E-state index in [2.05, 4.69) is 44.3 Å². The van der Waals surface area contributed by atoms with Crippen LogP contribution in [0.4, 0.5) is 0 Å². The van der Waals surface area contributed by atoms with Gasteiger partial charge < -0.3 is 10.1 Å². The second-order valence-electron chi connectivity index (χ2n) is 6.19. The molecule has 1 aliphatic rings. The quantitative estimate of drug-likeness (QED) is 0.892. The van der Waals surface area contributed by atoms with Crippen LogP contribution in [0.25, 0.3) is 0 Å². The molecule has 1 aliphatic heterocycles. The molecule has 18 heavy (non-hydrogen) atoms. The zero-order valence-corrected chi connectivity index (χ0v) is 11.9. The summed E-state index contributed by atoms with van der Waals surface area (Å²) in [5.74, 6) is 0. The van der Waals surface area contributed by atoms with Crippen LogP contribution in [-0.2, 0) is 16.8 Å². The average molecular weight is 251 g/mol. The molecular weight excluding hydrogens is 226 g/mol. The van der Waals surface area contributed by atoms with Gasteiger partial charge in [-0.2, -0.15) is 5.10 Å². The minimum atomic E-state index is 0.0540. The molecule has 1 saturated heterocycles.